The normalized spacial score (nSPS) is 16.3. The summed E-state index contributed by atoms with van der Waals surface area (Å²) in [6.07, 6.45) is 4.00. The minimum atomic E-state index is -0.696. The van der Waals surface area contributed by atoms with Gasteiger partial charge in [-0.05, 0) is 81.0 Å². The number of hydrogen-bond acceptors (Lipinski definition) is 5. The van der Waals surface area contributed by atoms with Crippen molar-refractivity contribution in [2.24, 2.45) is 4.99 Å². The highest BCUT2D eigenvalue weighted by atomic mass is 16.3. The number of rotatable bonds is 6. The minimum Gasteiger partial charge on any atom is -0.461 e. The number of carbonyl (C=O) groups is 2. The Balaban J connectivity index is 1.42. The molecule has 1 fully saturated rings. The Bertz CT molecular complexity index is 1370. The van der Waals surface area contributed by atoms with Crippen LogP contribution in [0, 0.1) is 32.2 Å². The first-order chi connectivity index (χ1) is 17.8. The lowest BCUT2D eigenvalue weighted by Gasteiger charge is -2.22. The van der Waals surface area contributed by atoms with E-state index < -0.39 is 6.04 Å². The van der Waals surface area contributed by atoms with Gasteiger partial charge in [0.1, 0.15) is 17.4 Å². The van der Waals surface area contributed by atoms with Crippen LogP contribution >= 0.6 is 0 Å². The Morgan fingerprint density at radius 1 is 1.14 bits per heavy atom. The Labute approximate surface area is 216 Å². The quantitative estimate of drug-likeness (QED) is 0.204. The molecule has 2 aromatic carbocycles. The summed E-state index contributed by atoms with van der Waals surface area (Å²) in [7, 11) is 0. The Hall–Kier alpha value is -4.32. The molecule has 4 rings (SSSR count). The van der Waals surface area contributed by atoms with E-state index in [1.54, 1.807) is 4.90 Å². The van der Waals surface area contributed by atoms with Crippen LogP contribution in [0.25, 0.3) is 11.0 Å². The van der Waals surface area contributed by atoms with Gasteiger partial charge in [-0.3, -0.25) is 14.9 Å². The highest BCUT2D eigenvalue weighted by Gasteiger charge is 2.28. The van der Waals surface area contributed by atoms with E-state index in [0.717, 1.165) is 35.1 Å². The SMILES string of the molecule is Cc1cc2cc(NC(=N[C@H]3CCCCN(CC(=O)NCc4ccc(C)c(C)c4)C3=O)NC#N)ccc2o1. The number of hydrogen-bond donors (Lipinski definition) is 3. The fourth-order valence-electron chi connectivity index (χ4n) is 4.40. The van der Waals surface area contributed by atoms with Gasteiger partial charge in [0.05, 0.1) is 6.54 Å². The van der Waals surface area contributed by atoms with Crippen LogP contribution in [0.15, 0.2) is 51.9 Å². The molecule has 0 bridgehead atoms. The van der Waals surface area contributed by atoms with E-state index in [2.05, 4.69) is 27.0 Å². The number of fused-ring (bicyclic) bond motifs is 1. The molecule has 9 heteroatoms. The number of aryl methyl sites for hydroxylation is 3. The van der Waals surface area contributed by atoms with Gasteiger partial charge in [0.25, 0.3) is 0 Å². The molecule has 1 aromatic heterocycles. The maximum Gasteiger partial charge on any atom is 0.247 e. The number of nitrogens with zero attached hydrogens (tertiary/aromatic N) is 3. The Morgan fingerprint density at radius 2 is 1.97 bits per heavy atom. The van der Waals surface area contributed by atoms with E-state index in [4.69, 9.17) is 4.42 Å². The van der Waals surface area contributed by atoms with Crippen LogP contribution in [0.5, 0.6) is 0 Å². The summed E-state index contributed by atoms with van der Waals surface area (Å²) in [6.45, 7) is 6.84. The van der Waals surface area contributed by atoms with Crippen LogP contribution in [-0.4, -0.2) is 41.8 Å². The largest absolute Gasteiger partial charge is 0.461 e. The van der Waals surface area contributed by atoms with Gasteiger partial charge in [0.15, 0.2) is 6.19 Å². The Morgan fingerprint density at radius 3 is 2.76 bits per heavy atom. The molecule has 0 spiro atoms. The van der Waals surface area contributed by atoms with Gasteiger partial charge in [-0.25, -0.2) is 4.99 Å². The number of benzene rings is 2. The van der Waals surface area contributed by atoms with Gasteiger partial charge in [0, 0.05) is 24.2 Å². The van der Waals surface area contributed by atoms with Gasteiger partial charge in [-0.1, -0.05) is 18.2 Å². The number of carbonyl (C=O) groups excluding carboxylic acids is 2. The maximum absolute atomic E-state index is 13.3. The molecule has 1 aliphatic heterocycles. The highest BCUT2D eigenvalue weighted by molar-refractivity contribution is 5.98. The van der Waals surface area contributed by atoms with Crippen LogP contribution in [0.1, 0.15) is 41.7 Å². The third kappa shape index (κ3) is 6.67. The first-order valence-corrected chi connectivity index (χ1v) is 12.4. The molecular formula is C28H32N6O3. The second kappa shape index (κ2) is 11.6. The van der Waals surface area contributed by atoms with Gasteiger partial charge in [-0.2, -0.15) is 5.26 Å². The number of anilines is 1. The summed E-state index contributed by atoms with van der Waals surface area (Å²) >= 11 is 0. The van der Waals surface area contributed by atoms with E-state index in [9.17, 15) is 14.9 Å². The van der Waals surface area contributed by atoms with Crippen LogP contribution < -0.4 is 16.0 Å². The predicted molar refractivity (Wildman–Crippen MR) is 143 cm³/mol. The third-order valence-electron chi connectivity index (χ3n) is 6.51. The summed E-state index contributed by atoms with van der Waals surface area (Å²) in [6, 6.07) is 12.9. The van der Waals surface area contributed by atoms with Crippen LogP contribution in [-0.2, 0) is 16.1 Å². The fraction of sp³-hybridized carbons (Fsp3) is 0.357. The lowest BCUT2D eigenvalue weighted by Crippen LogP contribution is -2.44. The zero-order chi connectivity index (χ0) is 26.4. The standard InChI is InChI=1S/C28H32N6O3/c1-18-7-8-21(12-19(18)2)15-30-26(35)16-34-11-5-4-6-24(27(34)36)33-28(31-17-29)32-23-9-10-25-22(14-23)13-20(3)37-25/h7-10,12-14,24H,4-6,11,15-16H2,1-3H3,(H,30,35)(H2,31,32,33)/t24-/m0/s1. The maximum atomic E-state index is 13.3. The number of amides is 2. The van der Waals surface area contributed by atoms with Gasteiger partial charge < -0.3 is 20.0 Å². The summed E-state index contributed by atoms with van der Waals surface area (Å²) in [4.78, 5) is 32.1. The molecule has 1 aliphatic rings. The molecule has 0 radical (unpaired) electrons. The van der Waals surface area contributed by atoms with E-state index in [1.807, 2.05) is 63.4 Å². The first-order valence-electron chi connectivity index (χ1n) is 12.4. The van der Waals surface area contributed by atoms with Crippen molar-refractivity contribution in [3.05, 3.63) is 64.9 Å². The van der Waals surface area contributed by atoms with Gasteiger partial charge in [0.2, 0.25) is 17.8 Å². The first kappa shape index (κ1) is 25.8. The van der Waals surface area contributed by atoms with Crippen molar-refractivity contribution < 1.29 is 14.0 Å². The molecule has 2 amide bonds. The lowest BCUT2D eigenvalue weighted by molar-refractivity contribution is -0.136. The minimum absolute atomic E-state index is 0.0271. The van der Waals surface area contributed by atoms with Crippen molar-refractivity contribution in [2.75, 3.05) is 18.4 Å². The molecule has 1 saturated heterocycles. The predicted octanol–water partition coefficient (Wildman–Crippen LogP) is 3.89. The van der Waals surface area contributed by atoms with Crippen molar-refractivity contribution >= 4 is 34.4 Å². The molecule has 192 valence electrons. The average Bonchev–Trinajstić information content (AvgIpc) is 3.16. The molecule has 3 N–H and O–H groups in total. The number of nitrogens with one attached hydrogen (secondary N) is 3. The van der Waals surface area contributed by atoms with E-state index in [1.165, 1.54) is 11.1 Å². The number of guanidine groups is 1. The summed E-state index contributed by atoms with van der Waals surface area (Å²) in [5.41, 5.74) is 4.86. The molecule has 0 aliphatic carbocycles. The number of likely N-dealkylation sites (tertiary alicyclic amines) is 1. The molecule has 3 aromatic rings. The highest BCUT2D eigenvalue weighted by Crippen LogP contribution is 2.23. The van der Waals surface area contributed by atoms with Crippen molar-refractivity contribution in [1.29, 1.82) is 5.26 Å². The summed E-state index contributed by atoms with van der Waals surface area (Å²) < 4.78 is 5.61. The molecule has 9 nitrogen and oxygen atoms in total. The summed E-state index contributed by atoms with van der Waals surface area (Å²) in [5.74, 6) is 0.548. The number of nitriles is 1. The molecule has 0 saturated carbocycles. The molecule has 0 unspecified atom stereocenters. The van der Waals surface area contributed by atoms with Crippen LogP contribution in [0.4, 0.5) is 5.69 Å². The molecule has 1 atom stereocenters. The Kier molecular flexibility index (Phi) is 8.08. The van der Waals surface area contributed by atoms with Crippen molar-refractivity contribution in [3.63, 3.8) is 0 Å². The van der Waals surface area contributed by atoms with Gasteiger partial charge >= 0.3 is 0 Å². The second-order valence-corrected chi connectivity index (χ2v) is 9.42. The zero-order valence-corrected chi connectivity index (χ0v) is 21.4. The second-order valence-electron chi connectivity index (χ2n) is 9.42. The van der Waals surface area contributed by atoms with E-state index in [0.29, 0.717) is 25.2 Å². The summed E-state index contributed by atoms with van der Waals surface area (Å²) in [5, 5.41) is 18.7. The average molecular weight is 501 g/mol. The molecule has 37 heavy (non-hydrogen) atoms. The van der Waals surface area contributed by atoms with Crippen molar-refractivity contribution in [1.82, 2.24) is 15.5 Å². The number of aliphatic imine (C=N–C) groups is 1. The van der Waals surface area contributed by atoms with Crippen LogP contribution in [0.2, 0.25) is 0 Å². The molecular weight excluding hydrogens is 468 g/mol. The van der Waals surface area contributed by atoms with Crippen LogP contribution in [0.3, 0.4) is 0 Å². The number of furan rings is 1. The van der Waals surface area contributed by atoms with Crippen molar-refractivity contribution in [3.8, 4) is 6.19 Å². The van der Waals surface area contributed by atoms with Gasteiger partial charge in [-0.15, -0.1) is 0 Å². The lowest BCUT2D eigenvalue weighted by atomic mass is 10.1. The monoisotopic (exact) mass is 500 g/mol. The molecule has 2 heterocycles. The fourth-order valence-corrected chi connectivity index (χ4v) is 4.40. The zero-order valence-electron chi connectivity index (χ0n) is 21.4. The smallest absolute Gasteiger partial charge is 0.247 e. The topological polar surface area (TPSA) is 123 Å². The third-order valence-corrected chi connectivity index (χ3v) is 6.51. The van der Waals surface area contributed by atoms with E-state index in [-0.39, 0.29) is 24.3 Å². The van der Waals surface area contributed by atoms with Crippen molar-refractivity contribution in [2.45, 2.75) is 52.6 Å². The van der Waals surface area contributed by atoms with E-state index >= 15 is 0 Å².